The lowest BCUT2D eigenvalue weighted by Gasteiger charge is -2.22. The highest BCUT2D eigenvalue weighted by atomic mass is 32.2. The van der Waals surface area contributed by atoms with Gasteiger partial charge in [-0.1, -0.05) is 6.07 Å². The first kappa shape index (κ1) is 15.5. The SMILES string of the molecule is O=C(NCCc1cscn1)C1CSCN1C(=O)c1cccs1. The van der Waals surface area contributed by atoms with Gasteiger partial charge in [-0.2, -0.15) is 0 Å². The Bertz CT molecular complexity index is 628. The zero-order chi connectivity index (χ0) is 15.4. The number of thioether (sulfide) groups is 1. The number of thiophene rings is 1. The van der Waals surface area contributed by atoms with Gasteiger partial charge >= 0.3 is 0 Å². The fraction of sp³-hybridized carbons (Fsp3) is 0.357. The van der Waals surface area contributed by atoms with Gasteiger partial charge in [-0.05, 0) is 11.4 Å². The van der Waals surface area contributed by atoms with Crippen LogP contribution < -0.4 is 5.32 Å². The molecule has 1 atom stereocenters. The molecule has 3 heterocycles. The van der Waals surface area contributed by atoms with E-state index in [1.54, 1.807) is 39.6 Å². The van der Waals surface area contributed by atoms with Gasteiger partial charge in [0.15, 0.2) is 0 Å². The van der Waals surface area contributed by atoms with Gasteiger partial charge in [0.25, 0.3) is 5.91 Å². The number of nitrogens with zero attached hydrogens (tertiary/aromatic N) is 2. The molecule has 116 valence electrons. The summed E-state index contributed by atoms with van der Waals surface area (Å²) in [5.74, 6) is 1.09. The molecule has 0 aliphatic carbocycles. The minimum absolute atomic E-state index is 0.0559. The summed E-state index contributed by atoms with van der Waals surface area (Å²) in [6.07, 6.45) is 0.716. The molecule has 0 radical (unpaired) electrons. The Morgan fingerprint density at radius 2 is 2.36 bits per heavy atom. The molecule has 1 unspecified atom stereocenters. The summed E-state index contributed by atoms with van der Waals surface area (Å²) in [6, 6.07) is 3.27. The highest BCUT2D eigenvalue weighted by Crippen LogP contribution is 2.24. The number of carbonyl (C=O) groups excluding carboxylic acids is 2. The monoisotopic (exact) mass is 353 g/mol. The minimum atomic E-state index is -0.380. The zero-order valence-electron chi connectivity index (χ0n) is 11.7. The van der Waals surface area contributed by atoms with E-state index < -0.39 is 0 Å². The van der Waals surface area contributed by atoms with E-state index in [9.17, 15) is 9.59 Å². The predicted molar refractivity (Wildman–Crippen MR) is 90.4 cm³/mol. The van der Waals surface area contributed by atoms with Crippen molar-refractivity contribution in [3.8, 4) is 0 Å². The Kier molecular flexibility index (Phi) is 5.12. The van der Waals surface area contributed by atoms with E-state index in [0.717, 1.165) is 5.69 Å². The van der Waals surface area contributed by atoms with Crippen LogP contribution in [0.25, 0.3) is 0 Å². The lowest BCUT2D eigenvalue weighted by Crippen LogP contribution is -2.47. The maximum absolute atomic E-state index is 12.4. The number of nitrogens with one attached hydrogen (secondary N) is 1. The third-order valence-electron chi connectivity index (χ3n) is 3.34. The normalized spacial score (nSPS) is 17.6. The third-order valence-corrected chi connectivity index (χ3v) is 5.85. The van der Waals surface area contributed by atoms with Crippen LogP contribution in [0.15, 0.2) is 28.4 Å². The number of rotatable bonds is 5. The molecule has 2 aromatic rings. The first-order valence-electron chi connectivity index (χ1n) is 6.82. The molecule has 1 aliphatic rings. The fourth-order valence-electron chi connectivity index (χ4n) is 2.19. The van der Waals surface area contributed by atoms with E-state index in [4.69, 9.17) is 0 Å². The third kappa shape index (κ3) is 3.50. The van der Waals surface area contributed by atoms with Gasteiger partial charge in [-0.3, -0.25) is 9.59 Å². The topological polar surface area (TPSA) is 62.3 Å². The second kappa shape index (κ2) is 7.26. The summed E-state index contributed by atoms with van der Waals surface area (Å²) in [5, 5.41) is 6.77. The molecule has 0 saturated carbocycles. The number of hydrogen-bond donors (Lipinski definition) is 1. The van der Waals surface area contributed by atoms with Gasteiger partial charge in [0.05, 0.1) is 22.0 Å². The van der Waals surface area contributed by atoms with Crippen LogP contribution in [-0.4, -0.2) is 45.9 Å². The maximum Gasteiger partial charge on any atom is 0.265 e. The smallest absolute Gasteiger partial charge is 0.265 e. The molecule has 2 aromatic heterocycles. The molecule has 0 bridgehead atoms. The van der Waals surface area contributed by atoms with E-state index in [1.165, 1.54) is 11.3 Å². The number of aromatic nitrogens is 1. The van der Waals surface area contributed by atoms with E-state index >= 15 is 0 Å². The minimum Gasteiger partial charge on any atom is -0.354 e. The Hall–Kier alpha value is -1.38. The van der Waals surface area contributed by atoms with Crippen molar-refractivity contribution in [2.45, 2.75) is 12.5 Å². The Balaban J connectivity index is 1.55. The Labute approximate surface area is 140 Å². The van der Waals surface area contributed by atoms with E-state index in [2.05, 4.69) is 10.3 Å². The van der Waals surface area contributed by atoms with Crippen LogP contribution in [0.2, 0.25) is 0 Å². The van der Waals surface area contributed by atoms with E-state index in [0.29, 0.717) is 29.5 Å². The van der Waals surface area contributed by atoms with Crippen molar-refractivity contribution in [1.82, 2.24) is 15.2 Å². The molecule has 1 saturated heterocycles. The van der Waals surface area contributed by atoms with Crippen molar-refractivity contribution in [1.29, 1.82) is 0 Å². The van der Waals surface area contributed by atoms with Gasteiger partial charge in [0.2, 0.25) is 5.91 Å². The molecular weight excluding hydrogens is 338 g/mol. The van der Waals surface area contributed by atoms with Crippen molar-refractivity contribution >= 4 is 46.2 Å². The van der Waals surface area contributed by atoms with Crippen LogP contribution in [0.1, 0.15) is 15.4 Å². The van der Waals surface area contributed by atoms with Gasteiger partial charge in [0, 0.05) is 24.1 Å². The first-order chi connectivity index (χ1) is 10.8. The zero-order valence-corrected chi connectivity index (χ0v) is 14.2. The second-order valence-corrected chi connectivity index (χ2v) is 7.45. The van der Waals surface area contributed by atoms with Crippen molar-refractivity contribution in [3.05, 3.63) is 39.0 Å². The number of amides is 2. The van der Waals surface area contributed by atoms with Crippen LogP contribution in [0.5, 0.6) is 0 Å². The lowest BCUT2D eigenvalue weighted by molar-refractivity contribution is -0.124. The molecule has 5 nitrogen and oxygen atoms in total. The molecule has 2 amide bonds. The average Bonchev–Trinajstić information content (AvgIpc) is 3.26. The van der Waals surface area contributed by atoms with Crippen LogP contribution in [0.3, 0.4) is 0 Å². The Morgan fingerprint density at radius 3 is 3.09 bits per heavy atom. The molecule has 0 aromatic carbocycles. The summed E-state index contributed by atoms with van der Waals surface area (Å²) in [7, 11) is 0. The van der Waals surface area contributed by atoms with Gasteiger partial charge < -0.3 is 10.2 Å². The van der Waals surface area contributed by atoms with Gasteiger partial charge in [-0.15, -0.1) is 34.4 Å². The van der Waals surface area contributed by atoms with Crippen LogP contribution in [0.4, 0.5) is 0 Å². The molecular formula is C14H15N3O2S3. The fourth-order valence-corrected chi connectivity index (χ4v) is 4.62. The van der Waals surface area contributed by atoms with Crippen molar-refractivity contribution in [3.63, 3.8) is 0 Å². The molecule has 8 heteroatoms. The standard InChI is InChI=1S/C14H15N3O2S3/c18-13(15-4-3-10-6-20-8-16-10)11-7-21-9-17(11)14(19)12-2-1-5-22-12/h1-2,5-6,8,11H,3-4,7,9H2,(H,15,18). The summed E-state index contributed by atoms with van der Waals surface area (Å²) in [5.41, 5.74) is 2.77. The summed E-state index contributed by atoms with van der Waals surface area (Å²) < 4.78 is 0. The summed E-state index contributed by atoms with van der Waals surface area (Å²) in [6.45, 7) is 0.546. The largest absolute Gasteiger partial charge is 0.354 e. The molecule has 1 aliphatic heterocycles. The van der Waals surface area contributed by atoms with Crippen molar-refractivity contribution in [2.75, 3.05) is 18.2 Å². The van der Waals surface area contributed by atoms with Crippen LogP contribution in [-0.2, 0) is 11.2 Å². The van der Waals surface area contributed by atoms with Crippen LogP contribution in [0, 0.1) is 0 Å². The maximum atomic E-state index is 12.4. The number of carbonyl (C=O) groups is 2. The number of thiazole rings is 1. The summed E-state index contributed by atoms with van der Waals surface area (Å²) >= 11 is 4.57. The molecule has 22 heavy (non-hydrogen) atoms. The van der Waals surface area contributed by atoms with Crippen molar-refractivity contribution < 1.29 is 9.59 Å². The lowest BCUT2D eigenvalue weighted by atomic mass is 10.2. The molecule has 1 fully saturated rings. The van der Waals surface area contributed by atoms with E-state index in [1.807, 2.05) is 16.8 Å². The molecule has 1 N–H and O–H groups in total. The second-order valence-electron chi connectivity index (χ2n) is 4.79. The Morgan fingerprint density at radius 1 is 1.45 bits per heavy atom. The molecule has 3 rings (SSSR count). The highest BCUT2D eigenvalue weighted by Gasteiger charge is 2.35. The number of hydrogen-bond acceptors (Lipinski definition) is 6. The van der Waals surface area contributed by atoms with Crippen molar-refractivity contribution in [2.24, 2.45) is 0 Å². The van der Waals surface area contributed by atoms with Crippen LogP contribution >= 0.6 is 34.4 Å². The highest BCUT2D eigenvalue weighted by molar-refractivity contribution is 7.99. The summed E-state index contributed by atoms with van der Waals surface area (Å²) in [4.78, 5) is 31.3. The molecule has 0 spiro atoms. The van der Waals surface area contributed by atoms with Gasteiger partial charge in [-0.25, -0.2) is 4.98 Å². The predicted octanol–water partition coefficient (Wildman–Crippen LogP) is 2.08. The average molecular weight is 353 g/mol. The quantitative estimate of drug-likeness (QED) is 0.894. The van der Waals surface area contributed by atoms with E-state index in [-0.39, 0.29) is 17.9 Å². The first-order valence-corrected chi connectivity index (χ1v) is 9.80. The van der Waals surface area contributed by atoms with Gasteiger partial charge in [0.1, 0.15) is 6.04 Å².